The van der Waals surface area contributed by atoms with Crippen LogP contribution in [0.5, 0.6) is 0 Å². The molecule has 1 aliphatic rings. The van der Waals surface area contributed by atoms with Crippen LogP contribution in [-0.4, -0.2) is 70.0 Å². The van der Waals surface area contributed by atoms with E-state index in [2.05, 4.69) is 26.1 Å². The molecule has 206 valence electrons. The second kappa shape index (κ2) is 11.2. The average molecular weight is 561 g/mol. The van der Waals surface area contributed by atoms with Crippen LogP contribution in [0.25, 0.3) is 0 Å². The molecule has 13 nitrogen and oxygen atoms in total. The number of nitrogens with one attached hydrogen (secondary N) is 3. The summed E-state index contributed by atoms with van der Waals surface area (Å²) >= 11 is 7.17. The number of nitrogens with zero attached hydrogens (tertiary/aromatic N) is 2. The van der Waals surface area contributed by atoms with Crippen LogP contribution in [0.2, 0.25) is 4.34 Å². The Morgan fingerprint density at radius 3 is 2.22 bits per heavy atom. The molecule has 0 spiro atoms. The molecule has 1 aromatic heterocycles. The van der Waals surface area contributed by atoms with Gasteiger partial charge in [-0.2, -0.15) is 0 Å². The number of aromatic nitrogens is 1. The summed E-state index contributed by atoms with van der Waals surface area (Å²) in [5, 5.41) is 11.4. The number of amides is 3. The fourth-order valence-corrected chi connectivity index (χ4v) is 3.73. The van der Waals surface area contributed by atoms with Gasteiger partial charge in [0, 0.05) is 6.54 Å². The van der Waals surface area contributed by atoms with Crippen molar-refractivity contribution in [2.75, 3.05) is 11.9 Å². The smallest absolute Gasteiger partial charge is 0.413 e. The summed E-state index contributed by atoms with van der Waals surface area (Å²) in [6.45, 7) is 13.0. The zero-order valence-electron chi connectivity index (χ0n) is 22.0. The third kappa shape index (κ3) is 8.54. The Morgan fingerprint density at radius 1 is 1.11 bits per heavy atom. The number of halogens is 1. The number of carbonyl (C=O) groups excluding carboxylic acids is 4. The van der Waals surface area contributed by atoms with Gasteiger partial charge in [-0.25, -0.2) is 14.6 Å². The van der Waals surface area contributed by atoms with Crippen LogP contribution in [-0.2, 0) is 28.7 Å². The standard InChI is InChI=1S/C22H33ClN6O7S/c1-20(2,3)34-17(32)22(7,8)36-29-13(16(31)26-11-10(9-24)25-15(11)30)12-14(23)37-18(27-12)28-19(33)35-21(4,5)6/h10-11H,9,24H2,1-8H3,(H,25,30)(H,26,31)(H,27,28,33)/b29-13-/t10-,11?/m0/s1. The van der Waals surface area contributed by atoms with Gasteiger partial charge in [0.1, 0.15) is 27.3 Å². The first-order valence-electron chi connectivity index (χ1n) is 11.3. The molecule has 1 saturated heterocycles. The second-order valence-electron chi connectivity index (χ2n) is 10.6. The number of nitrogens with two attached hydrogens (primary N) is 1. The van der Waals surface area contributed by atoms with Crippen LogP contribution >= 0.6 is 22.9 Å². The molecule has 5 N–H and O–H groups in total. The summed E-state index contributed by atoms with van der Waals surface area (Å²) in [7, 11) is 0. The number of oxime groups is 1. The molecule has 0 bridgehead atoms. The summed E-state index contributed by atoms with van der Waals surface area (Å²) in [5.74, 6) is -2.04. The van der Waals surface area contributed by atoms with Gasteiger partial charge in [-0.05, 0) is 55.4 Å². The molecule has 1 aliphatic heterocycles. The molecule has 3 amide bonds. The van der Waals surface area contributed by atoms with Crippen molar-refractivity contribution in [1.29, 1.82) is 0 Å². The van der Waals surface area contributed by atoms with Crippen molar-refractivity contribution in [1.82, 2.24) is 15.6 Å². The number of β-lactam (4-membered cyclic amide) rings is 1. The van der Waals surface area contributed by atoms with Crippen molar-refractivity contribution < 1.29 is 33.5 Å². The normalized spacial score (nSPS) is 18.3. The topological polar surface area (TPSA) is 183 Å². The molecule has 2 rings (SSSR count). The van der Waals surface area contributed by atoms with E-state index in [4.69, 9.17) is 31.6 Å². The molecule has 1 unspecified atom stereocenters. The van der Waals surface area contributed by atoms with Crippen LogP contribution in [0.1, 0.15) is 61.1 Å². The van der Waals surface area contributed by atoms with Crippen LogP contribution in [0.3, 0.4) is 0 Å². The van der Waals surface area contributed by atoms with E-state index in [1.54, 1.807) is 41.5 Å². The van der Waals surface area contributed by atoms with E-state index in [9.17, 15) is 19.2 Å². The van der Waals surface area contributed by atoms with Crippen molar-refractivity contribution in [3.05, 3.63) is 10.0 Å². The Bertz CT molecular complexity index is 1090. The monoisotopic (exact) mass is 560 g/mol. The van der Waals surface area contributed by atoms with Crippen molar-refractivity contribution in [3.8, 4) is 0 Å². The quantitative estimate of drug-likeness (QED) is 0.160. The summed E-state index contributed by atoms with van der Waals surface area (Å²) in [6, 6.07) is -1.40. The van der Waals surface area contributed by atoms with Crippen LogP contribution < -0.4 is 21.7 Å². The largest absolute Gasteiger partial charge is 0.457 e. The van der Waals surface area contributed by atoms with E-state index in [0.29, 0.717) is 0 Å². The highest BCUT2D eigenvalue weighted by atomic mass is 35.5. The molecule has 37 heavy (non-hydrogen) atoms. The van der Waals surface area contributed by atoms with E-state index in [0.717, 1.165) is 11.3 Å². The Labute approximate surface area is 223 Å². The molecular weight excluding hydrogens is 528 g/mol. The molecule has 2 atom stereocenters. The molecular formula is C22H33ClN6O7S. The summed E-state index contributed by atoms with van der Waals surface area (Å²) in [4.78, 5) is 59.4. The lowest BCUT2D eigenvalue weighted by Gasteiger charge is -2.36. The van der Waals surface area contributed by atoms with Gasteiger partial charge in [0.25, 0.3) is 5.91 Å². The third-order valence-electron chi connectivity index (χ3n) is 4.44. The zero-order chi connectivity index (χ0) is 28.3. The van der Waals surface area contributed by atoms with Gasteiger partial charge in [-0.15, -0.1) is 0 Å². The first kappa shape index (κ1) is 30.3. The Hall–Kier alpha value is -2.97. The second-order valence-corrected chi connectivity index (χ2v) is 12.2. The number of rotatable bonds is 8. The van der Waals surface area contributed by atoms with Crippen LogP contribution in [0.15, 0.2) is 5.16 Å². The molecule has 0 aliphatic carbocycles. The van der Waals surface area contributed by atoms with Gasteiger partial charge in [0.2, 0.25) is 11.5 Å². The maximum atomic E-state index is 13.2. The minimum absolute atomic E-state index is 0.0161. The number of thiazole rings is 1. The van der Waals surface area contributed by atoms with Gasteiger partial charge in [-0.1, -0.05) is 28.1 Å². The third-order valence-corrected chi connectivity index (χ3v) is 5.61. The van der Waals surface area contributed by atoms with Gasteiger partial charge in [0.15, 0.2) is 10.8 Å². The SMILES string of the molecule is CC(C)(C)OC(=O)Nc1nc(/C(=N/OC(C)(C)C(=O)OC(C)(C)C)C(=O)NC2C(=O)N[C@H]2CN)c(Cl)s1. The lowest BCUT2D eigenvalue weighted by atomic mass is 9.99. The number of esters is 1. The van der Waals surface area contributed by atoms with Crippen molar-refractivity contribution in [3.63, 3.8) is 0 Å². The summed E-state index contributed by atoms with van der Waals surface area (Å²) in [6.07, 6.45) is -0.786. The van der Waals surface area contributed by atoms with E-state index in [-0.39, 0.29) is 21.7 Å². The van der Waals surface area contributed by atoms with Gasteiger partial charge in [-0.3, -0.25) is 14.9 Å². The van der Waals surface area contributed by atoms with E-state index < -0.39 is 58.5 Å². The fourth-order valence-electron chi connectivity index (χ4n) is 2.70. The zero-order valence-corrected chi connectivity index (χ0v) is 23.5. The summed E-state index contributed by atoms with van der Waals surface area (Å²) < 4.78 is 10.5. The van der Waals surface area contributed by atoms with Gasteiger partial charge >= 0.3 is 12.1 Å². The fraction of sp³-hybridized carbons (Fsp3) is 0.636. The molecule has 0 saturated carbocycles. The maximum Gasteiger partial charge on any atom is 0.413 e. The van der Waals surface area contributed by atoms with Gasteiger partial charge in [0.05, 0.1) is 6.04 Å². The predicted octanol–water partition coefficient (Wildman–Crippen LogP) is 1.93. The number of hydrogen-bond donors (Lipinski definition) is 4. The predicted molar refractivity (Wildman–Crippen MR) is 137 cm³/mol. The van der Waals surface area contributed by atoms with E-state index >= 15 is 0 Å². The highest BCUT2D eigenvalue weighted by Gasteiger charge is 2.41. The first-order valence-corrected chi connectivity index (χ1v) is 12.5. The van der Waals surface area contributed by atoms with Crippen molar-refractivity contribution in [2.24, 2.45) is 10.9 Å². The Morgan fingerprint density at radius 2 is 1.70 bits per heavy atom. The summed E-state index contributed by atoms with van der Waals surface area (Å²) in [5.41, 5.74) is 1.86. The Kier molecular flexibility index (Phi) is 9.15. The van der Waals surface area contributed by atoms with Crippen molar-refractivity contribution >= 4 is 57.7 Å². The van der Waals surface area contributed by atoms with E-state index in [1.165, 1.54) is 13.8 Å². The maximum absolute atomic E-state index is 13.2. The first-order chi connectivity index (χ1) is 16.8. The average Bonchev–Trinajstić information content (AvgIpc) is 3.06. The Balaban J connectivity index is 2.37. The molecule has 1 fully saturated rings. The minimum Gasteiger partial charge on any atom is -0.457 e. The minimum atomic E-state index is -1.60. The van der Waals surface area contributed by atoms with Crippen molar-refractivity contribution in [2.45, 2.75) is 84.3 Å². The van der Waals surface area contributed by atoms with Gasteiger partial charge < -0.3 is 30.7 Å². The number of carbonyl (C=O) groups is 4. The molecule has 2 heterocycles. The van der Waals surface area contributed by atoms with E-state index in [1.807, 2.05) is 0 Å². The molecule has 0 aromatic carbocycles. The molecule has 0 radical (unpaired) electrons. The van der Waals surface area contributed by atoms with Crippen LogP contribution in [0, 0.1) is 0 Å². The molecule has 15 heteroatoms. The highest BCUT2D eigenvalue weighted by molar-refractivity contribution is 7.20. The number of hydrogen-bond acceptors (Lipinski definition) is 11. The number of anilines is 1. The number of ether oxygens (including phenoxy) is 2. The molecule has 1 aromatic rings. The lowest BCUT2D eigenvalue weighted by molar-refractivity contribution is -0.179. The lowest BCUT2D eigenvalue weighted by Crippen LogP contribution is -2.71. The van der Waals surface area contributed by atoms with Crippen LogP contribution in [0.4, 0.5) is 9.93 Å². The highest BCUT2D eigenvalue weighted by Crippen LogP contribution is 2.30.